The fourth-order valence-corrected chi connectivity index (χ4v) is 2.24. The molecule has 0 aliphatic rings. The predicted octanol–water partition coefficient (Wildman–Crippen LogP) is 4.24. The van der Waals surface area contributed by atoms with E-state index in [9.17, 15) is 9.90 Å². The van der Waals surface area contributed by atoms with Gasteiger partial charge in [0.1, 0.15) is 11.5 Å². The van der Waals surface area contributed by atoms with Crippen molar-refractivity contribution in [2.45, 2.75) is 13.8 Å². The van der Waals surface area contributed by atoms with E-state index in [1.807, 2.05) is 25.1 Å². The van der Waals surface area contributed by atoms with E-state index in [0.717, 1.165) is 16.5 Å². The number of aromatic hydroxyl groups is 1. The van der Waals surface area contributed by atoms with Gasteiger partial charge in [0, 0.05) is 17.0 Å². The molecule has 4 heteroatoms. The molecule has 22 heavy (non-hydrogen) atoms. The van der Waals surface area contributed by atoms with E-state index in [1.165, 1.54) is 0 Å². The van der Waals surface area contributed by atoms with Gasteiger partial charge >= 0.3 is 0 Å². The van der Waals surface area contributed by atoms with Crippen molar-refractivity contribution in [3.63, 3.8) is 0 Å². The molecule has 1 N–H and O–H groups in total. The summed E-state index contributed by atoms with van der Waals surface area (Å²) in [5, 5.41) is 10.3. The van der Waals surface area contributed by atoms with Gasteiger partial charge in [0.15, 0.2) is 5.78 Å². The molecule has 4 nitrogen and oxygen atoms in total. The lowest BCUT2D eigenvalue weighted by Gasteiger charge is -2.09. The molecule has 0 atom stereocenters. The summed E-state index contributed by atoms with van der Waals surface area (Å²) in [5.41, 5.74) is 2.25. The Hall–Kier alpha value is -2.88. The maximum absolute atomic E-state index is 11.4. The van der Waals surface area contributed by atoms with Gasteiger partial charge in [-0.2, -0.15) is 0 Å². The topological polar surface area (TPSA) is 59.4 Å². The number of phenolic OH excluding ortho intramolecular Hbond substituents is 1. The summed E-state index contributed by atoms with van der Waals surface area (Å²) >= 11 is 0. The lowest BCUT2D eigenvalue weighted by molar-refractivity contribution is 0.101. The molecule has 0 spiro atoms. The van der Waals surface area contributed by atoms with Crippen LogP contribution in [0.15, 0.2) is 48.5 Å². The van der Waals surface area contributed by atoms with E-state index in [-0.39, 0.29) is 11.5 Å². The molecule has 3 aromatic rings. The Morgan fingerprint density at radius 1 is 1.09 bits per heavy atom. The van der Waals surface area contributed by atoms with E-state index >= 15 is 0 Å². The Morgan fingerprint density at radius 2 is 1.91 bits per heavy atom. The zero-order chi connectivity index (χ0) is 15.7. The molecule has 0 radical (unpaired) electrons. The zero-order valence-corrected chi connectivity index (χ0v) is 12.3. The van der Waals surface area contributed by atoms with Crippen LogP contribution in [0.25, 0.3) is 10.9 Å². The van der Waals surface area contributed by atoms with Gasteiger partial charge in [-0.3, -0.25) is 4.79 Å². The standard InChI is InChI=1S/C18H15NO3/c1-11-9-15(21)5-7-17(11)22-18-8-4-14-10-13(12(2)20)3-6-16(14)19-18/h3-10,21H,1-2H3. The first-order valence-corrected chi connectivity index (χ1v) is 6.92. The first-order chi connectivity index (χ1) is 10.5. The maximum atomic E-state index is 11.4. The molecule has 0 fully saturated rings. The van der Waals surface area contributed by atoms with Crippen LogP contribution in [0.1, 0.15) is 22.8 Å². The third-order valence-corrected chi connectivity index (χ3v) is 3.44. The van der Waals surface area contributed by atoms with Gasteiger partial charge in [-0.05, 0) is 61.9 Å². The highest BCUT2D eigenvalue weighted by Gasteiger charge is 2.06. The number of fused-ring (bicyclic) bond motifs is 1. The third-order valence-electron chi connectivity index (χ3n) is 3.44. The highest BCUT2D eigenvalue weighted by Crippen LogP contribution is 2.28. The minimum atomic E-state index is 0.0296. The van der Waals surface area contributed by atoms with Crippen molar-refractivity contribution >= 4 is 16.7 Å². The summed E-state index contributed by atoms with van der Waals surface area (Å²) in [5.74, 6) is 1.34. The molecule has 0 saturated heterocycles. The van der Waals surface area contributed by atoms with Gasteiger partial charge in [-0.15, -0.1) is 0 Å². The smallest absolute Gasteiger partial charge is 0.219 e. The number of phenols is 1. The molecule has 1 heterocycles. The van der Waals surface area contributed by atoms with E-state index in [4.69, 9.17) is 4.74 Å². The van der Waals surface area contributed by atoms with Gasteiger partial charge in [-0.1, -0.05) is 0 Å². The van der Waals surface area contributed by atoms with Crippen molar-refractivity contribution in [2.24, 2.45) is 0 Å². The first kappa shape index (κ1) is 14.1. The SMILES string of the molecule is CC(=O)c1ccc2nc(Oc3ccc(O)cc3C)ccc2c1. The third kappa shape index (κ3) is 2.76. The number of carbonyl (C=O) groups excluding carboxylic acids is 1. The van der Waals surface area contributed by atoms with Crippen molar-refractivity contribution < 1.29 is 14.6 Å². The Morgan fingerprint density at radius 3 is 2.64 bits per heavy atom. The van der Waals surface area contributed by atoms with Gasteiger partial charge in [0.2, 0.25) is 5.88 Å². The van der Waals surface area contributed by atoms with Gasteiger partial charge in [0.25, 0.3) is 0 Å². The van der Waals surface area contributed by atoms with Crippen molar-refractivity contribution in [2.75, 3.05) is 0 Å². The monoisotopic (exact) mass is 293 g/mol. The van der Waals surface area contributed by atoms with Crippen molar-refractivity contribution in [3.8, 4) is 17.4 Å². The Balaban J connectivity index is 1.95. The summed E-state index contributed by atoms with van der Waals surface area (Å²) in [6.45, 7) is 3.40. The van der Waals surface area contributed by atoms with Crippen LogP contribution < -0.4 is 4.74 Å². The lowest BCUT2D eigenvalue weighted by atomic mass is 10.1. The summed E-state index contributed by atoms with van der Waals surface area (Å²) in [6.07, 6.45) is 0. The lowest BCUT2D eigenvalue weighted by Crippen LogP contribution is -1.93. The highest BCUT2D eigenvalue weighted by molar-refractivity contribution is 5.97. The summed E-state index contributed by atoms with van der Waals surface area (Å²) < 4.78 is 5.76. The second-order valence-corrected chi connectivity index (χ2v) is 5.17. The number of pyridine rings is 1. The summed E-state index contributed by atoms with van der Waals surface area (Å²) in [6, 6.07) is 13.9. The van der Waals surface area contributed by atoms with Gasteiger partial charge < -0.3 is 9.84 Å². The number of aryl methyl sites for hydroxylation is 1. The number of aromatic nitrogens is 1. The van der Waals surface area contributed by atoms with Crippen molar-refractivity contribution in [1.29, 1.82) is 0 Å². The minimum absolute atomic E-state index is 0.0296. The zero-order valence-electron chi connectivity index (χ0n) is 12.3. The number of hydrogen-bond donors (Lipinski definition) is 1. The molecule has 0 saturated carbocycles. The molecule has 110 valence electrons. The van der Waals surface area contributed by atoms with Crippen LogP contribution in [-0.4, -0.2) is 15.9 Å². The number of hydrogen-bond acceptors (Lipinski definition) is 4. The quantitative estimate of drug-likeness (QED) is 0.734. The fourth-order valence-electron chi connectivity index (χ4n) is 2.24. The Bertz CT molecular complexity index is 871. The van der Waals surface area contributed by atoms with Crippen molar-refractivity contribution in [3.05, 3.63) is 59.7 Å². The molecule has 0 unspecified atom stereocenters. The Kier molecular flexibility index (Phi) is 3.51. The van der Waals surface area contributed by atoms with E-state index in [1.54, 1.807) is 37.3 Å². The van der Waals surface area contributed by atoms with Crippen LogP contribution in [-0.2, 0) is 0 Å². The number of rotatable bonds is 3. The molecule has 2 aromatic carbocycles. The molecular weight excluding hydrogens is 278 g/mol. The van der Waals surface area contributed by atoms with Crippen LogP contribution in [0.3, 0.4) is 0 Å². The number of ether oxygens (including phenoxy) is 1. The van der Waals surface area contributed by atoms with Crippen LogP contribution in [0.5, 0.6) is 17.4 Å². The molecule has 0 aliphatic heterocycles. The molecule has 3 rings (SSSR count). The van der Waals surface area contributed by atoms with E-state index in [2.05, 4.69) is 4.98 Å². The fraction of sp³-hybridized carbons (Fsp3) is 0.111. The van der Waals surface area contributed by atoms with Crippen molar-refractivity contribution in [1.82, 2.24) is 4.98 Å². The van der Waals surface area contributed by atoms with Crippen LogP contribution >= 0.6 is 0 Å². The van der Waals surface area contributed by atoms with Gasteiger partial charge in [-0.25, -0.2) is 4.98 Å². The number of benzene rings is 2. The second kappa shape index (κ2) is 5.48. The van der Waals surface area contributed by atoms with Crippen LogP contribution in [0.2, 0.25) is 0 Å². The largest absolute Gasteiger partial charge is 0.508 e. The van der Waals surface area contributed by atoms with E-state index < -0.39 is 0 Å². The van der Waals surface area contributed by atoms with Gasteiger partial charge in [0.05, 0.1) is 5.52 Å². The molecule has 1 aromatic heterocycles. The average molecular weight is 293 g/mol. The number of ketones is 1. The maximum Gasteiger partial charge on any atom is 0.219 e. The molecule has 0 amide bonds. The molecule has 0 aliphatic carbocycles. The predicted molar refractivity (Wildman–Crippen MR) is 84.7 cm³/mol. The number of Topliss-reactive ketones (excluding diaryl/α,β-unsaturated/α-hetero) is 1. The average Bonchev–Trinajstić information content (AvgIpc) is 2.49. The summed E-state index contributed by atoms with van der Waals surface area (Å²) in [4.78, 5) is 15.8. The first-order valence-electron chi connectivity index (χ1n) is 6.92. The highest BCUT2D eigenvalue weighted by atomic mass is 16.5. The van der Waals surface area contributed by atoms with Crippen LogP contribution in [0.4, 0.5) is 0 Å². The molecule has 0 bridgehead atoms. The minimum Gasteiger partial charge on any atom is -0.508 e. The van der Waals surface area contributed by atoms with Crippen LogP contribution in [0, 0.1) is 6.92 Å². The Labute approximate surface area is 128 Å². The number of carbonyl (C=O) groups is 1. The second-order valence-electron chi connectivity index (χ2n) is 5.17. The van der Waals surface area contributed by atoms with E-state index in [0.29, 0.717) is 17.2 Å². The normalized spacial score (nSPS) is 10.6. The molecular formula is C18H15NO3. The summed E-state index contributed by atoms with van der Waals surface area (Å²) in [7, 11) is 0. The number of nitrogens with zero attached hydrogens (tertiary/aromatic N) is 1.